The quantitative estimate of drug-likeness (QED) is 0.773. The van der Waals surface area contributed by atoms with Crippen molar-refractivity contribution in [2.75, 3.05) is 19.0 Å². The van der Waals surface area contributed by atoms with Crippen LogP contribution in [0.4, 0.5) is 5.69 Å². The fourth-order valence-corrected chi connectivity index (χ4v) is 1.52. The summed E-state index contributed by atoms with van der Waals surface area (Å²) in [6, 6.07) is 9.35. The molecule has 0 radical (unpaired) electrons. The molecule has 92 valence electrons. The third kappa shape index (κ3) is 2.85. The number of pyridine rings is 1. The lowest BCUT2D eigenvalue weighted by Crippen LogP contribution is -2.08. The first-order valence-corrected chi connectivity index (χ1v) is 5.54. The normalized spacial score (nSPS) is 9.89. The Bertz CT molecular complexity index is 553. The number of carbonyl (C=O) groups is 1. The molecule has 0 saturated heterocycles. The van der Waals surface area contributed by atoms with Gasteiger partial charge in [0, 0.05) is 37.6 Å². The molecule has 0 amide bonds. The average Bonchev–Trinajstić information content (AvgIpc) is 2.39. The number of benzene rings is 1. The summed E-state index contributed by atoms with van der Waals surface area (Å²) in [6.45, 7) is 0. The lowest BCUT2D eigenvalue weighted by Gasteiger charge is -2.13. The van der Waals surface area contributed by atoms with Crippen LogP contribution >= 0.6 is 0 Å². The Morgan fingerprint density at radius 3 is 2.72 bits per heavy atom. The lowest BCUT2D eigenvalue weighted by atomic mass is 10.3. The van der Waals surface area contributed by atoms with Crippen molar-refractivity contribution in [3.05, 3.63) is 48.3 Å². The van der Waals surface area contributed by atoms with E-state index in [9.17, 15) is 4.79 Å². The van der Waals surface area contributed by atoms with E-state index < -0.39 is 0 Å². The van der Waals surface area contributed by atoms with Gasteiger partial charge in [-0.05, 0) is 18.2 Å². The highest BCUT2D eigenvalue weighted by Gasteiger charge is 2.01. The Hall–Kier alpha value is -2.36. The average molecular weight is 242 g/mol. The van der Waals surface area contributed by atoms with Crippen molar-refractivity contribution < 1.29 is 9.53 Å². The maximum atomic E-state index is 10.7. The summed E-state index contributed by atoms with van der Waals surface area (Å²) >= 11 is 0. The molecule has 4 nitrogen and oxygen atoms in total. The summed E-state index contributed by atoms with van der Waals surface area (Å²) in [4.78, 5) is 16.6. The zero-order valence-electron chi connectivity index (χ0n) is 10.3. The van der Waals surface area contributed by atoms with Crippen molar-refractivity contribution in [1.82, 2.24) is 4.98 Å². The molecule has 1 aromatic heterocycles. The van der Waals surface area contributed by atoms with Crippen molar-refractivity contribution in [2.24, 2.45) is 0 Å². The van der Waals surface area contributed by atoms with Gasteiger partial charge in [-0.15, -0.1) is 0 Å². The Morgan fingerprint density at radius 2 is 2.00 bits per heavy atom. The zero-order chi connectivity index (χ0) is 13.0. The number of hydrogen-bond acceptors (Lipinski definition) is 4. The van der Waals surface area contributed by atoms with Gasteiger partial charge < -0.3 is 9.64 Å². The van der Waals surface area contributed by atoms with E-state index in [-0.39, 0.29) is 0 Å². The number of ether oxygens (including phenoxy) is 1. The van der Waals surface area contributed by atoms with E-state index >= 15 is 0 Å². The van der Waals surface area contributed by atoms with Crippen LogP contribution in [0.15, 0.2) is 42.7 Å². The second kappa shape index (κ2) is 5.31. The van der Waals surface area contributed by atoms with Gasteiger partial charge in [-0.25, -0.2) is 0 Å². The second-order valence-corrected chi connectivity index (χ2v) is 4.07. The molecule has 0 spiro atoms. The maximum Gasteiger partial charge on any atom is 0.151 e. The Kier molecular flexibility index (Phi) is 3.57. The highest BCUT2D eigenvalue weighted by Crippen LogP contribution is 2.24. The Labute approximate surface area is 106 Å². The number of aromatic nitrogens is 1. The maximum absolute atomic E-state index is 10.7. The van der Waals surface area contributed by atoms with Crippen molar-refractivity contribution >= 4 is 12.0 Å². The fourth-order valence-electron chi connectivity index (χ4n) is 1.52. The monoisotopic (exact) mass is 242 g/mol. The topological polar surface area (TPSA) is 42.4 Å². The molecular formula is C14H14N2O2. The zero-order valence-corrected chi connectivity index (χ0v) is 10.3. The number of aldehydes is 1. The first-order valence-electron chi connectivity index (χ1n) is 5.54. The molecule has 18 heavy (non-hydrogen) atoms. The second-order valence-electron chi connectivity index (χ2n) is 4.07. The number of anilines is 1. The van der Waals surface area contributed by atoms with Gasteiger partial charge in [-0.2, -0.15) is 0 Å². The van der Waals surface area contributed by atoms with Gasteiger partial charge >= 0.3 is 0 Å². The Balaban J connectivity index is 2.22. The summed E-state index contributed by atoms with van der Waals surface area (Å²) in [5.41, 5.74) is 1.54. The van der Waals surface area contributed by atoms with Crippen LogP contribution in [0.2, 0.25) is 0 Å². The van der Waals surface area contributed by atoms with Crippen LogP contribution in [0.1, 0.15) is 10.4 Å². The summed E-state index contributed by atoms with van der Waals surface area (Å²) in [7, 11) is 3.93. The van der Waals surface area contributed by atoms with E-state index in [4.69, 9.17) is 4.74 Å². The van der Waals surface area contributed by atoms with Crippen LogP contribution in [-0.2, 0) is 0 Å². The van der Waals surface area contributed by atoms with Gasteiger partial charge in [0.2, 0.25) is 0 Å². The summed E-state index contributed by atoms with van der Waals surface area (Å²) in [5.74, 6) is 1.27. The minimum absolute atomic E-state index is 0.497. The molecule has 2 aromatic rings. The van der Waals surface area contributed by atoms with Crippen LogP contribution in [-0.4, -0.2) is 25.4 Å². The molecule has 0 N–H and O–H groups in total. The van der Waals surface area contributed by atoms with Crippen molar-refractivity contribution in [3.63, 3.8) is 0 Å². The number of rotatable bonds is 4. The summed E-state index contributed by atoms with van der Waals surface area (Å²) < 4.78 is 5.66. The highest BCUT2D eigenvalue weighted by atomic mass is 16.5. The molecule has 0 atom stereocenters. The van der Waals surface area contributed by atoms with Crippen LogP contribution in [0.5, 0.6) is 11.5 Å². The molecule has 4 heteroatoms. The van der Waals surface area contributed by atoms with Crippen molar-refractivity contribution in [2.45, 2.75) is 0 Å². The predicted molar refractivity (Wildman–Crippen MR) is 70.5 cm³/mol. The van der Waals surface area contributed by atoms with Crippen LogP contribution < -0.4 is 9.64 Å². The lowest BCUT2D eigenvalue weighted by molar-refractivity contribution is 0.112. The van der Waals surface area contributed by atoms with E-state index in [1.54, 1.807) is 12.3 Å². The molecule has 1 aromatic carbocycles. The number of hydrogen-bond donors (Lipinski definition) is 0. The molecule has 0 saturated carbocycles. The molecule has 0 bridgehead atoms. The van der Waals surface area contributed by atoms with E-state index in [2.05, 4.69) is 4.98 Å². The largest absolute Gasteiger partial charge is 0.456 e. The molecule has 0 unspecified atom stereocenters. The molecule has 0 aliphatic rings. The first-order chi connectivity index (χ1) is 8.69. The third-order valence-electron chi connectivity index (χ3n) is 2.44. The predicted octanol–water partition coefficient (Wildman–Crippen LogP) is 2.75. The van der Waals surface area contributed by atoms with Gasteiger partial charge in [-0.1, -0.05) is 6.07 Å². The Morgan fingerprint density at radius 1 is 1.17 bits per heavy atom. The highest BCUT2D eigenvalue weighted by molar-refractivity contribution is 5.74. The van der Waals surface area contributed by atoms with Gasteiger partial charge in [0.1, 0.15) is 11.5 Å². The van der Waals surface area contributed by atoms with E-state index in [0.29, 0.717) is 17.1 Å². The minimum atomic E-state index is 0.497. The number of nitrogens with zero attached hydrogens (tertiary/aromatic N) is 2. The van der Waals surface area contributed by atoms with Crippen molar-refractivity contribution in [3.8, 4) is 11.5 Å². The summed E-state index contributed by atoms with van der Waals surface area (Å²) in [5, 5.41) is 0. The summed E-state index contributed by atoms with van der Waals surface area (Å²) in [6.07, 6.45) is 3.82. The van der Waals surface area contributed by atoms with Crippen LogP contribution in [0.3, 0.4) is 0 Å². The fraction of sp³-hybridized carbons (Fsp3) is 0.143. The van der Waals surface area contributed by atoms with Gasteiger partial charge in [-0.3, -0.25) is 9.78 Å². The van der Waals surface area contributed by atoms with Crippen LogP contribution in [0.25, 0.3) is 0 Å². The van der Waals surface area contributed by atoms with E-state index in [1.807, 2.05) is 43.3 Å². The van der Waals surface area contributed by atoms with Gasteiger partial charge in [0.25, 0.3) is 0 Å². The van der Waals surface area contributed by atoms with Crippen LogP contribution in [0, 0.1) is 0 Å². The molecular weight excluding hydrogens is 228 g/mol. The molecule has 0 fully saturated rings. The minimum Gasteiger partial charge on any atom is -0.456 e. The standard InChI is InChI=1S/C14H14N2O2/c1-16(2)12-4-3-5-13(7-12)18-14-6-11(10-17)8-15-9-14/h3-10H,1-2H3. The van der Waals surface area contributed by atoms with E-state index in [0.717, 1.165) is 12.0 Å². The molecule has 1 heterocycles. The molecule has 0 aliphatic heterocycles. The van der Waals surface area contributed by atoms with Gasteiger partial charge in [0.05, 0.1) is 6.20 Å². The van der Waals surface area contributed by atoms with E-state index in [1.165, 1.54) is 6.20 Å². The van der Waals surface area contributed by atoms with Crippen molar-refractivity contribution in [1.29, 1.82) is 0 Å². The smallest absolute Gasteiger partial charge is 0.151 e. The molecule has 2 rings (SSSR count). The SMILES string of the molecule is CN(C)c1cccc(Oc2cncc(C=O)c2)c1. The third-order valence-corrected chi connectivity index (χ3v) is 2.44. The number of carbonyl (C=O) groups excluding carboxylic acids is 1. The van der Waals surface area contributed by atoms with Gasteiger partial charge in [0.15, 0.2) is 6.29 Å². The first kappa shape index (κ1) is 12.1. The molecule has 0 aliphatic carbocycles.